The van der Waals surface area contributed by atoms with Gasteiger partial charge in [-0.2, -0.15) is 0 Å². The van der Waals surface area contributed by atoms with Crippen LogP contribution < -0.4 is 4.90 Å². The van der Waals surface area contributed by atoms with Gasteiger partial charge in [-0.3, -0.25) is 0 Å². The van der Waals surface area contributed by atoms with Gasteiger partial charge in [-0.05, 0) is 119 Å². The molecule has 0 fully saturated rings. The van der Waals surface area contributed by atoms with Crippen LogP contribution in [0.5, 0.6) is 0 Å². The van der Waals surface area contributed by atoms with Crippen LogP contribution in [-0.2, 0) is 0 Å². The molecule has 1 nitrogen and oxygen atoms in total. The molecule has 296 valence electrons. The fourth-order valence-corrected chi connectivity index (χ4v) is 9.18. The van der Waals surface area contributed by atoms with Gasteiger partial charge < -0.3 is 4.90 Å². The standard InChI is InChI=1S/C62H43N/c1-2-17-47(18-3-1)57-25-8-9-26-58(57)59-27-10-11-28-60(59)61-29-12-13-31-62(61)63(54-23-14-22-51(43-54)52-37-34-44-16-4-5-20-50(44)42-52)53-40-38-46(39-41-53)45-32-35-49(36-33-45)56-30-15-21-48-19-6-7-24-55(48)56/h1-43H. The molecule has 0 saturated carbocycles. The van der Waals surface area contributed by atoms with E-state index in [0.29, 0.717) is 0 Å². The molecular weight excluding hydrogens is 759 g/mol. The molecule has 0 unspecified atom stereocenters. The maximum Gasteiger partial charge on any atom is 0.0540 e. The third-order valence-corrected chi connectivity index (χ3v) is 12.3. The summed E-state index contributed by atoms with van der Waals surface area (Å²) in [5.41, 5.74) is 17.6. The molecule has 0 aliphatic carbocycles. The number of hydrogen-bond acceptors (Lipinski definition) is 1. The van der Waals surface area contributed by atoms with Crippen LogP contribution in [0.25, 0.3) is 88.3 Å². The number of benzene rings is 11. The van der Waals surface area contributed by atoms with Crippen LogP contribution in [0.15, 0.2) is 261 Å². The third kappa shape index (κ3) is 7.37. The summed E-state index contributed by atoms with van der Waals surface area (Å²) < 4.78 is 0. The second-order valence-corrected chi connectivity index (χ2v) is 16.1. The minimum absolute atomic E-state index is 1.08. The molecule has 0 bridgehead atoms. The molecular formula is C62H43N. The molecule has 0 aromatic heterocycles. The molecule has 11 aromatic carbocycles. The first-order chi connectivity index (χ1) is 31.2. The zero-order valence-corrected chi connectivity index (χ0v) is 34.8. The van der Waals surface area contributed by atoms with Crippen LogP contribution in [0.2, 0.25) is 0 Å². The predicted molar refractivity (Wildman–Crippen MR) is 269 cm³/mol. The van der Waals surface area contributed by atoms with Crippen molar-refractivity contribution in [1.29, 1.82) is 0 Å². The number of hydrogen-bond donors (Lipinski definition) is 0. The monoisotopic (exact) mass is 801 g/mol. The van der Waals surface area contributed by atoms with E-state index < -0.39 is 0 Å². The zero-order chi connectivity index (χ0) is 42.0. The van der Waals surface area contributed by atoms with E-state index >= 15 is 0 Å². The van der Waals surface area contributed by atoms with Crippen molar-refractivity contribution >= 4 is 38.6 Å². The van der Waals surface area contributed by atoms with Gasteiger partial charge in [0, 0.05) is 16.9 Å². The van der Waals surface area contributed by atoms with Crippen molar-refractivity contribution in [2.75, 3.05) is 4.90 Å². The highest BCUT2D eigenvalue weighted by molar-refractivity contribution is 5.99. The average molecular weight is 802 g/mol. The Labute approximate surface area is 369 Å². The molecule has 0 spiro atoms. The van der Waals surface area contributed by atoms with Gasteiger partial charge in [-0.15, -0.1) is 0 Å². The molecule has 1 heteroatoms. The summed E-state index contributed by atoms with van der Waals surface area (Å²) in [6.07, 6.45) is 0. The minimum atomic E-state index is 1.08. The molecule has 0 amide bonds. The van der Waals surface area contributed by atoms with Gasteiger partial charge in [0.2, 0.25) is 0 Å². The van der Waals surface area contributed by atoms with Crippen LogP contribution in [0, 0.1) is 0 Å². The summed E-state index contributed by atoms with van der Waals surface area (Å²) in [5.74, 6) is 0. The molecule has 11 aromatic rings. The maximum atomic E-state index is 2.42. The first-order valence-corrected chi connectivity index (χ1v) is 21.7. The minimum Gasteiger partial charge on any atom is -0.310 e. The van der Waals surface area contributed by atoms with Gasteiger partial charge in [-0.25, -0.2) is 0 Å². The number of nitrogens with zero attached hydrogens (tertiary/aromatic N) is 1. The molecule has 0 atom stereocenters. The summed E-state index contributed by atoms with van der Waals surface area (Å²) in [7, 11) is 0. The lowest BCUT2D eigenvalue weighted by molar-refractivity contribution is 1.28. The van der Waals surface area contributed by atoms with E-state index in [9.17, 15) is 0 Å². The van der Waals surface area contributed by atoms with Crippen LogP contribution in [-0.4, -0.2) is 0 Å². The lowest BCUT2D eigenvalue weighted by atomic mass is 9.88. The molecule has 0 aliphatic rings. The fraction of sp³-hybridized carbons (Fsp3) is 0. The topological polar surface area (TPSA) is 3.24 Å². The summed E-state index contributed by atoms with van der Waals surface area (Å²) in [6.45, 7) is 0. The Bertz CT molecular complexity index is 3380. The van der Waals surface area contributed by atoms with Crippen molar-refractivity contribution in [3.63, 3.8) is 0 Å². The first kappa shape index (κ1) is 37.7. The highest BCUT2D eigenvalue weighted by atomic mass is 15.1. The van der Waals surface area contributed by atoms with E-state index in [2.05, 4.69) is 266 Å². The predicted octanol–water partition coefficient (Wildman–Crippen LogP) is 17.5. The SMILES string of the molecule is c1ccc(-c2ccccc2-c2ccccc2-c2ccccc2N(c2ccc(-c3ccc(-c4cccc5ccccc45)cc3)cc2)c2cccc(-c3ccc4ccccc4c3)c2)cc1. The van der Waals surface area contributed by atoms with Gasteiger partial charge in [0.1, 0.15) is 0 Å². The molecule has 0 heterocycles. The summed E-state index contributed by atoms with van der Waals surface area (Å²) in [6, 6.07) is 94.7. The van der Waals surface area contributed by atoms with Crippen molar-refractivity contribution in [3.8, 4) is 66.8 Å². The van der Waals surface area contributed by atoms with E-state index in [4.69, 9.17) is 0 Å². The highest BCUT2D eigenvalue weighted by Crippen LogP contribution is 2.46. The van der Waals surface area contributed by atoms with Gasteiger partial charge in [0.25, 0.3) is 0 Å². The molecule has 0 radical (unpaired) electrons. The first-order valence-electron chi connectivity index (χ1n) is 21.7. The summed E-state index contributed by atoms with van der Waals surface area (Å²) in [5, 5.41) is 4.99. The quantitative estimate of drug-likeness (QED) is 0.141. The van der Waals surface area contributed by atoms with Crippen LogP contribution >= 0.6 is 0 Å². The Morgan fingerprint density at radius 1 is 0.206 bits per heavy atom. The van der Waals surface area contributed by atoms with Crippen molar-refractivity contribution in [3.05, 3.63) is 261 Å². The van der Waals surface area contributed by atoms with Crippen LogP contribution in [0.3, 0.4) is 0 Å². The Morgan fingerprint density at radius 2 is 0.667 bits per heavy atom. The maximum absolute atomic E-state index is 2.42. The zero-order valence-electron chi connectivity index (χ0n) is 34.8. The highest BCUT2D eigenvalue weighted by Gasteiger charge is 2.21. The third-order valence-electron chi connectivity index (χ3n) is 12.3. The van der Waals surface area contributed by atoms with Gasteiger partial charge in [0.05, 0.1) is 5.69 Å². The normalized spacial score (nSPS) is 11.2. The Hall–Kier alpha value is -8.26. The number of fused-ring (bicyclic) bond motifs is 2. The molecule has 0 saturated heterocycles. The van der Waals surface area contributed by atoms with Gasteiger partial charge >= 0.3 is 0 Å². The summed E-state index contributed by atoms with van der Waals surface area (Å²) in [4.78, 5) is 2.42. The van der Waals surface area contributed by atoms with E-state index in [-0.39, 0.29) is 0 Å². The van der Waals surface area contributed by atoms with E-state index in [0.717, 1.165) is 22.6 Å². The lowest BCUT2D eigenvalue weighted by Crippen LogP contribution is -2.11. The van der Waals surface area contributed by atoms with Crippen LogP contribution in [0.4, 0.5) is 17.1 Å². The van der Waals surface area contributed by atoms with Crippen molar-refractivity contribution in [2.45, 2.75) is 0 Å². The van der Waals surface area contributed by atoms with Crippen LogP contribution in [0.1, 0.15) is 0 Å². The van der Waals surface area contributed by atoms with Crippen molar-refractivity contribution in [1.82, 2.24) is 0 Å². The number of rotatable bonds is 9. The Morgan fingerprint density at radius 3 is 1.43 bits per heavy atom. The van der Waals surface area contributed by atoms with E-state index in [1.54, 1.807) is 0 Å². The number of anilines is 3. The molecule has 11 rings (SSSR count). The second kappa shape index (κ2) is 16.7. The average Bonchev–Trinajstić information content (AvgIpc) is 3.37. The molecule has 63 heavy (non-hydrogen) atoms. The second-order valence-electron chi connectivity index (χ2n) is 16.1. The summed E-state index contributed by atoms with van der Waals surface area (Å²) >= 11 is 0. The Kier molecular flexibility index (Phi) is 9.97. The van der Waals surface area contributed by atoms with E-state index in [1.165, 1.54) is 82.7 Å². The van der Waals surface area contributed by atoms with Crippen molar-refractivity contribution < 1.29 is 0 Å². The van der Waals surface area contributed by atoms with Crippen molar-refractivity contribution in [2.24, 2.45) is 0 Å². The fourth-order valence-electron chi connectivity index (χ4n) is 9.18. The largest absolute Gasteiger partial charge is 0.310 e. The number of para-hydroxylation sites is 1. The van der Waals surface area contributed by atoms with E-state index in [1.807, 2.05) is 0 Å². The molecule has 0 N–H and O–H groups in total. The lowest BCUT2D eigenvalue weighted by Gasteiger charge is -2.29. The van der Waals surface area contributed by atoms with Gasteiger partial charge in [-0.1, -0.05) is 224 Å². The molecule has 0 aliphatic heterocycles. The Balaban J connectivity index is 1.03. The van der Waals surface area contributed by atoms with Gasteiger partial charge in [0.15, 0.2) is 0 Å². The smallest absolute Gasteiger partial charge is 0.0540 e.